The van der Waals surface area contributed by atoms with Crippen molar-refractivity contribution in [3.63, 3.8) is 0 Å². The third-order valence-corrected chi connectivity index (χ3v) is 9.97. The highest BCUT2D eigenvalue weighted by Gasteiger charge is 2.49. The number of ether oxygens (including phenoxy) is 2. The van der Waals surface area contributed by atoms with Crippen LogP contribution in [0.2, 0.25) is 0 Å². The summed E-state index contributed by atoms with van der Waals surface area (Å²) < 4.78 is 53.6. The highest BCUT2D eigenvalue weighted by atomic mass is 19.4. The number of hydrogen-bond donors (Lipinski definition) is 1. The molecule has 0 bridgehead atoms. The Hall–Kier alpha value is -4.65. The minimum Gasteiger partial charge on any atom is -0.481 e. The second-order valence-electron chi connectivity index (χ2n) is 13.3. The van der Waals surface area contributed by atoms with E-state index in [0.717, 1.165) is 42.3 Å². The van der Waals surface area contributed by atoms with Gasteiger partial charge in [-0.2, -0.15) is 28.2 Å². The number of aromatic amines is 1. The second kappa shape index (κ2) is 12.1. The number of nitrogens with zero attached hydrogens (tertiary/aromatic N) is 6. The van der Waals surface area contributed by atoms with Gasteiger partial charge in [-0.15, -0.1) is 0 Å². The van der Waals surface area contributed by atoms with Crippen LogP contribution in [0, 0.1) is 12.3 Å². The van der Waals surface area contributed by atoms with E-state index in [0.29, 0.717) is 60.7 Å². The first-order chi connectivity index (χ1) is 23.0. The molecule has 13 heteroatoms. The van der Waals surface area contributed by atoms with E-state index in [9.17, 15) is 18.0 Å². The lowest BCUT2D eigenvalue weighted by Crippen LogP contribution is -2.59. The van der Waals surface area contributed by atoms with Crippen molar-refractivity contribution in [3.8, 4) is 22.9 Å². The second-order valence-corrected chi connectivity index (χ2v) is 13.3. The van der Waals surface area contributed by atoms with Gasteiger partial charge < -0.3 is 24.2 Å². The Balaban J connectivity index is 1.41. The molecule has 48 heavy (non-hydrogen) atoms. The van der Waals surface area contributed by atoms with Crippen LogP contribution in [0.1, 0.15) is 30.4 Å². The van der Waals surface area contributed by atoms with Crippen LogP contribution in [0.3, 0.4) is 0 Å². The van der Waals surface area contributed by atoms with Crippen molar-refractivity contribution in [2.24, 2.45) is 5.41 Å². The standard InChI is InChI=1S/C35H38F3N7O3/c1-5-22-14-24-30(31(48-20-35(36,37)38)29(22)28-21(3)9-10-26-25(28)15-39-42-26)40-33(47-16-23-8-7-12-43(23)4)41-32(24)44-13-11-34(17-44)18-45(19-34)27(46)6-2/h5-6,9-10,14-15,23H,1-2,7-8,11-13,16-20H2,3-4H3,(H,39,42). The van der Waals surface area contributed by atoms with Crippen molar-refractivity contribution in [2.75, 3.05) is 57.9 Å². The lowest BCUT2D eigenvalue weighted by molar-refractivity contribution is -0.153. The van der Waals surface area contributed by atoms with Crippen molar-refractivity contribution in [1.29, 1.82) is 0 Å². The largest absolute Gasteiger partial charge is 0.481 e. The number of fused-ring (bicyclic) bond motifs is 2. The zero-order valence-corrected chi connectivity index (χ0v) is 27.1. The van der Waals surface area contributed by atoms with E-state index in [1.165, 1.54) is 6.08 Å². The Kier molecular flexibility index (Phi) is 8.05. The molecule has 5 heterocycles. The molecular weight excluding hydrogens is 623 g/mol. The van der Waals surface area contributed by atoms with E-state index in [-0.39, 0.29) is 34.6 Å². The van der Waals surface area contributed by atoms with Gasteiger partial charge in [0.1, 0.15) is 17.9 Å². The van der Waals surface area contributed by atoms with Gasteiger partial charge in [-0.05, 0) is 74.7 Å². The number of amides is 1. The number of rotatable bonds is 9. The summed E-state index contributed by atoms with van der Waals surface area (Å²) in [7, 11) is 2.04. The number of H-pyrrole nitrogens is 1. The number of halogens is 3. The monoisotopic (exact) mass is 661 g/mol. The van der Waals surface area contributed by atoms with Gasteiger partial charge in [0.15, 0.2) is 12.4 Å². The molecule has 1 spiro atoms. The van der Waals surface area contributed by atoms with E-state index in [2.05, 4.69) is 33.2 Å². The fraction of sp³-hybridized carbons (Fsp3) is 0.429. The van der Waals surface area contributed by atoms with E-state index >= 15 is 0 Å². The van der Waals surface area contributed by atoms with Gasteiger partial charge in [0.2, 0.25) is 5.91 Å². The summed E-state index contributed by atoms with van der Waals surface area (Å²) in [4.78, 5) is 28.0. The third kappa shape index (κ3) is 5.73. The summed E-state index contributed by atoms with van der Waals surface area (Å²) in [6, 6.07) is 5.89. The fourth-order valence-electron chi connectivity index (χ4n) is 7.48. The zero-order valence-electron chi connectivity index (χ0n) is 27.1. The van der Waals surface area contributed by atoms with E-state index in [4.69, 9.17) is 19.4 Å². The number of anilines is 1. The molecule has 2 aromatic carbocycles. The number of likely N-dealkylation sites (N-methyl/N-ethyl adjacent to an activating group) is 1. The molecule has 3 aliphatic rings. The van der Waals surface area contributed by atoms with Crippen LogP contribution in [0.4, 0.5) is 19.0 Å². The van der Waals surface area contributed by atoms with Crippen molar-refractivity contribution < 1.29 is 27.4 Å². The topological polar surface area (TPSA) is 99.7 Å². The van der Waals surface area contributed by atoms with E-state index < -0.39 is 12.8 Å². The Morgan fingerprint density at radius 2 is 1.94 bits per heavy atom. The Morgan fingerprint density at radius 1 is 1.12 bits per heavy atom. The predicted molar refractivity (Wildman–Crippen MR) is 178 cm³/mol. The summed E-state index contributed by atoms with van der Waals surface area (Å²) in [6.07, 6.45) is 2.84. The van der Waals surface area contributed by atoms with Gasteiger partial charge in [-0.3, -0.25) is 9.89 Å². The molecule has 7 rings (SSSR count). The molecule has 10 nitrogen and oxygen atoms in total. The Labute approximate surface area is 276 Å². The highest BCUT2D eigenvalue weighted by molar-refractivity contribution is 6.07. The summed E-state index contributed by atoms with van der Waals surface area (Å²) >= 11 is 0. The van der Waals surface area contributed by atoms with Crippen molar-refractivity contribution in [2.45, 2.75) is 38.4 Å². The minimum atomic E-state index is -4.60. The molecule has 3 saturated heterocycles. The lowest BCUT2D eigenvalue weighted by atomic mass is 9.79. The quantitative estimate of drug-likeness (QED) is 0.226. The van der Waals surface area contributed by atoms with Gasteiger partial charge in [-0.25, -0.2) is 0 Å². The van der Waals surface area contributed by atoms with Crippen LogP contribution >= 0.6 is 0 Å². The molecule has 0 saturated carbocycles. The van der Waals surface area contributed by atoms with Crippen molar-refractivity contribution in [3.05, 3.63) is 54.8 Å². The van der Waals surface area contributed by atoms with Crippen molar-refractivity contribution in [1.82, 2.24) is 30.0 Å². The van der Waals surface area contributed by atoms with E-state index in [1.807, 2.05) is 32.2 Å². The smallest absolute Gasteiger partial charge is 0.422 e. The van der Waals surface area contributed by atoms with Crippen LogP contribution in [-0.2, 0) is 4.79 Å². The predicted octanol–water partition coefficient (Wildman–Crippen LogP) is 5.76. The average molecular weight is 662 g/mol. The maximum absolute atomic E-state index is 13.9. The molecule has 1 amide bonds. The fourth-order valence-corrected chi connectivity index (χ4v) is 7.48. The van der Waals surface area contributed by atoms with Gasteiger partial charge in [0.25, 0.3) is 0 Å². The summed E-state index contributed by atoms with van der Waals surface area (Å²) in [5.74, 6) is 0.421. The summed E-state index contributed by atoms with van der Waals surface area (Å²) in [6.45, 7) is 11.8. The van der Waals surface area contributed by atoms with Crippen LogP contribution in [-0.4, -0.2) is 101 Å². The van der Waals surface area contributed by atoms with E-state index in [1.54, 1.807) is 17.2 Å². The number of aromatic nitrogens is 4. The third-order valence-electron chi connectivity index (χ3n) is 9.97. The molecule has 3 aliphatic heterocycles. The Bertz CT molecular complexity index is 1920. The molecule has 252 valence electrons. The maximum Gasteiger partial charge on any atom is 0.422 e. The molecule has 1 unspecified atom stereocenters. The number of alkyl halides is 3. The first kappa shape index (κ1) is 31.9. The SMILES string of the molecule is C=CC(=O)N1CC2(CCN(c3nc(OCC4CCCN4C)nc4c(OCC(F)(F)F)c(-c5c(C)ccc6[nH]ncc56)c(C=C)cc34)C2)C1. The summed E-state index contributed by atoms with van der Waals surface area (Å²) in [5.41, 5.74) is 3.34. The van der Waals surface area contributed by atoms with Crippen LogP contribution in [0.25, 0.3) is 39.0 Å². The molecule has 0 aliphatic carbocycles. The summed E-state index contributed by atoms with van der Waals surface area (Å²) in [5, 5.41) is 8.42. The number of carbonyl (C=O) groups is 1. The molecule has 1 atom stereocenters. The van der Waals surface area contributed by atoms with Crippen LogP contribution in [0.15, 0.2) is 43.6 Å². The van der Waals surface area contributed by atoms with Gasteiger partial charge in [-0.1, -0.05) is 25.3 Å². The molecular formula is C35H38F3N7O3. The molecule has 4 aromatic rings. The first-order valence-electron chi connectivity index (χ1n) is 16.1. The first-order valence-corrected chi connectivity index (χ1v) is 16.1. The zero-order chi connectivity index (χ0) is 33.8. The number of hydrogen-bond acceptors (Lipinski definition) is 8. The van der Waals surface area contributed by atoms with Crippen molar-refractivity contribution >= 4 is 39.6 Å². The average Bonchev–Trinajstić information content (AvgIpc) is 3.80. The molecule has 1 N–H and O–H groups in total. The lowest BCUT2D eigenvalue weighted by Gasteiger charge is -2.47. The van der Waals surface area contributed by atoms with Gasteiger partial charge in [0.05, 0.1) is 11.7 Å². The normalized spacial score (nSPS) is 19.3. The maximum atomic E-state index is 13.9. The Morgan fingerprint density at radius 3 is 2.65 bits per heavy atom. The molecule has 0 radical (unpaired) electrons. The molecule has 2 aromatic heterocycles. The van der Waals surface area contributed by atoms with Gasteiger partial charge >= 0.3 is 12.2 Å². The number of carbonyl (C=O) groups excluding carboxylic acids is 1. The van der Waals surface area contributed by atoms with Gasteiger partial charge in [0, 0.05) is 54.0 Å². The highest BCUT2D eigenvalue weighted by Crippen LogP contribution is 2.48. The molecule has 3 fully saturated rings. The van der Waals surface area contributed by atoms with Crippen LogP contribution < -0.4 is 14.4 Å². The number of benzene rings is 2. The number of likely N-dealkylation sites (tertiary alicyclic amines) is 2. The number of nitrogens with one attached hydrogen (secondary N) is 1. The minimum absolute atomic E-state index is 0.0247. The number of aryl methyl sites for hydroxylation is 1. The van der Waals surface area contributed by atoms with Crippen LogP contribution in [0.5, 0.6) is 11.8 Å².